The average Bonchev–Trinajstić information content (AvgIpc) is 2.90. The molecule has 100 valence electrons. The third kappa shape index (κ3) is 4.29. The number of rotatable bonds is 7. The summed E-state index contributed by atoms with van der Waals surface area (Å²) < 4.78 is 10.7. The molecule has 1 heterocycles. The van der Waals surface area contributed by atoms with Crippen LogP contribution >= 0.6 is 0 Å². The Morgan fingerprint density at radius 1 is 1.17 bits per heavy atom. The standard InChI is InChI=1S/C14H21NO3/c16-9-7-12-3-5-13(6-4-12)15-8-1-2-14-17-10-11-18-14/h3-6,14-16H,1-2,7-11H2. The number of aliphatic hydroxyl groups is 1. The maximum absolute atomic E-state index is 8.83. The monoisotopic (exact) mass is 251 g/mol. The molecule has 1 aliphatic rings. The molecule has 18 heavy (non-hydrogen) atoms. The molecule has 1 saturated heterocycles. The first-order valence-electron chi connectivity index (χ1n) is 6.55. The topological polar surface area (TPSA) is 50.7 Å². The summed E-state index contributed by atoms with van der Waals surface area (Å²) >= 11 is 0. The maximum Gasteiger partial charge on any atom is 0.157 e. The van der Waals surface area contributed by atoms with Crippen molar-refractivity contribution in [1.29, 1.82) is 0 Å². The second-order valence-corrected chi connectivity index (χ2v) is 4.41. The highest BCUT2D eigenvalue weighted by Crippen LogP contribution is 2.12. The first kappa shape index (κ1) is 13.3. The number of aliphatic hydroxyl groups excluding tert-OH is 1. The minimum Gasteiger partial charge on any atom is -0.396 e. The highest BCUT2D eigenvalue weighted by atomic mass is 16.7. The van der Waals surface area contributed by atoms with Gasteiger partial charge in [-0.15, -0.1) is 0 Å². The zero-order chi connectivity index (χ0) is 12.6. The fourth-order valence-electron chi connectivity index (χ4n) is 1.99. The third-order valence-corrected chi connectivity index (χ3v) is 2.99. The van der Waals surface area contributed by atoms with Crippen LogP contribution in [0.1, 0.15) is 18.4 Å². The van der Waals surface area contributed by atoms with E-state index in [4.69, 9.17) is 14.6 Å². The molecule has 0 atom stereocenters. The van der Waals surface area contributed by atoms with Crippen LogP contribution < -0.4 is 5.32 Å². The Labute approximate surface area is 108 Å². The molecule has 0 amide bonds. The lowest BCUT2D eigenvalue weighted by molar-refractivity contribution is -0.0470. The Kier molecular flexibility index (Phi) is 5.45. The van der Waals surface area contributed by atoms with Gasteiger partial charge in [-0.1, -0.05) is 12.1 Å². The van der Waals surface area contributed by atoms with Crippen LogP contribution in [0.25, 0.3) is 0 Å². The molecule has 2 rings (SSSR count). The van der Waals surface area contributed by atoms with Crippen molar-refractivity contribution in [2.45, 2.75) is 25.6 Å². The lowest BCUT2D eigenvalue weighted by Crippen LogP contribution is -2.10. The SMILES string of the molecule is OCCc1ccc(NCCCC2OCCO2)cc1. The number of benzene rings is 1. The molecular weight excluding hydrogens is 230 g/mol. The van der Waals surface area contributed by atoms with Crippen LogP contribution in [-0.2, 0) is 15.9 Å². The molecule has 1 aromatic rings. The zero-order valence-corrected chi connectivity index (χ0v) is 10.6. The van der Waals surface area contributed by atoms with Crippen molar-refractivity contribution in [3.63, 3.8) is 0 Å². The molecule has 4 nitrogen and oxygen atoms in total. The average molecular weight is 251 g/mol. The van der Waals surface area contributed by atoms with Crippen LogP contribution in [0.15, 0.2) is 24.3 Å². The van der Waals surface area contributed by atoms with Gasteiger partial charge in [0.05, 0.1) is 13.2 Å². The number of hydrogen-bond donors (Lipinski definition) is 2. The van der Waals surface area contributed by atoms with Gasteiger partial charge in [0.25, 0.3) is 0 Å². The molecule has 4 heteroatoms. The number of hydrogen-bond acceptors (Lipinski definition) is 4. The predicted octanol–water partition coefficient (Wildman–Crippen LogP) is 1.79. The van der Waals surface area contributed by atoms with Gasteiger partial charge in [0.1, 0.15) is 0 Å². The van der Waals surface area contributed by atoms with Crippen molar-refractivity contribution < 1.29 is 14.6 Å². The van der Waals surface area contributed by atoms with Gasteiger partial charge in [-0.05, 0) is 30.5 Å². The Bertz CT molecular complexity index is 333. The minimum atomic E-state index is -0.00118. The normalized spacial score (nSPS) is 16.1. The highest BCUT2D eigenvalue weighted by molar-refractivity contribution is 5.44. The molecule has 0 aliphatic carbocycles. The van der Waals surface area contributed by atoms with Gasteiger partial charge in [0, 0.05) is 25.3 Å². The molecule has 1 aromatic carbocycles. The molecular formula is C14H21NO3. The van der Waals surface area contributed by atoms with Gasteiger partial charge in [0.15, 0.2) is 6.29 Å². The molecule has 0 aromatic heterocycles. The largest absolute Gasteiger partial charge is 0.396 e. The lowest BCUT2D eigenvalue weighted by Gasteiger charge is -2.10. The molecule has 0 bridgehead atoms. The van der Waals surface area contributed by atoms with Crippen molar-refractivity contribution >= 4 is 5.69 Å². The van der Waals surface area contributed by atoms with E-state index in [9.17, 15) is 0 Å². The molecule has 2 N–H and O–H groups in total. The zero-order valence-electron chi connectivity index (χ0n) is 10.6. The van der Waals surface area contributed by atoms with E-state index in [2.05, 4.69) is 5.32 Å². The van der Waals surface area contributed by atoms with Gasteiger partial charge in [-0.25, -0.2) is 0 Å². The lowest BCUT2D eigenvalue weighted by atomic mass is 10.1. The van der Waals surface area contributed by atoms with E-state index in [0.29, 0.717) is 0 Å². The Balaban J connectivity index is 1.63. The van der Waals surface area contributed by atoms with Gasteiger partial charge in [-0.2, -0.15) is 0 Å². The molecule has 0 spiro atoms. The van der Waals surface area contributed by atoms with Crippen molar-refractivity contribution in [2.75, 3.05) is 31.7 Å². The molecule has 0 unspecified atom stereocenters. The summed E-state index contributed by atoms with van der Waals surface area (Å²) in [6, 6.07) is 8.19. The second-order valence-electron chi connectivity index (χ2n) is 4.41. The van der Waals surface area contributed by atoms with Crippen molar-refractivity contribution in [2.24, 2.45) is 0 Å². The molecule has 1 aliphatic heterocycles. The number of anilines is 1. The van der Waals surface area contributed by atoms with E-state index < -0.39 is 0 Å². The summed E-state index contributed by atoms with van der Waals surface area (Å²) in [4.78, 5) is 0. The molecule has 0 radical (unpaired) electrons. The summed E-state index contributed by atoms with van der Waals surface area (Å²) in [6.45, 7) is 2.57. The fourth-order valence-corrected chi connectivity index (χ4v) is 1.99. The van der Waals surface area contributed by atoms with Crippen LogP contribution in [0.3, 0.4) is 0 Å². The molecule has 0 saturated carbocycles. The second kappa shape index (κ2) is 7.36. The van der Waals surface area contributed by atoms with Crippen LogP contribution in [-0.4, -0.2) is 37.8 Å². The van der Waals surface area contributed by atoms with Crippen LogP contribution in [0.2, 0.25) is 0 Å². The van der Waals surface area contributed by atoms with E-state index in [1.54, 1.807) is 0 Å². The Morgan fingerprint density at radius 3 is 2.56 bits per heavy atom. The summed E-state index contributed by atoms with van der Waals surface area (Å²) in [5.41, 5.74) is 2.28. The summed E-state index contributed by atoms with van der Waals surface area (Å²) in [7, 11) is 0. The van der Waals surface area contributed by atoms with Crippen molar-refractivity contribution in [1.82, 2.24) is 0 Å². The van der Waals surface area contributed by atoms with Crippen LogP contribution in [0.4, 0.5) is 5.69 Å². The predicted molar refractivity (Wildman–Crippen MR) is 70.6 cm³/mol. The van der Waals surface area contributed by atoms with Crippen LogP contribution in [0.5, 0.6) is 0 Å². The molecule has 1 fully saturated rings. The van der Waals surface area contributed by atoms with Gasteiger partial charge >= 0.3 is 0 Å². The summed E-state index contributed by atoms with van der Waals surface area (Å²) in [5, 5.41) is 12.2. The first-order valence-corrected chi connectivity index (χ1v) is 6.55. The quantitative estimate of drug-likeness (QED) is 0.725. The van der Waals surface area contributed by atoms with Gasteiger partial charge in [0.2, 0.25) is 0 Å². The van der Waals surface area contributed by atoms with Gasteiger partial charge in [-0.3, -0.25) is 0 Å². The summed E-state index contributed by atoms with van der Waals surface area (Å²) in [5.74, 6) is 0. The van der Waals surface area contributed by atoms with E-state index in [1.807, 2.05) is 24.3 Å². The highest BCUT2D eigenvalue weighted by Gasteiger charge is 2.14. The van der Waals surface area contributed by atoms with Gasteiger partial charge < -0.3 is 19.9 Å². The number of ether oxygens (including phenoxy) is 2. The van der Waals surface area contributed by atoms with E-state index in [-0.39, 0.29) is 12.9 Å². The smallest absolute Gasteiger partial charge is 0.157 e. The Hall–Kier alpha value is -1.10. The first-order chi connectivity index (χ1) is 8.88. The minimum absolute atomic E-state index is 0.00118. The van der Waals surface area contributed by atoms with Crippen LogP contribution in [0, 0.1) is 0 Å². The third-order valence-electron chi connectivity index (χ3n) is 2.99. The maximum atomic E-state index is 8.83. The fraction of sp³-hybridized carbons (Fsp3) is 0.571. The Morgan fingerprint density at radius 2 is 1.89 bits per heavy atom. The van der Waals surface area contributed by atoms with Crippen molar-refractivity contribution in [3.8, 4) is 0 Å². The van der Waals surface area contributed by atoms with E-state index in [1.165, 1.54) is 0 Å². The van der Waals surface area contributed by atoms with E-state index >= 15 is 0 Å². The van der Waals surface area contributed by atoms with E-state index in [0.717, 1.165) is 50.3 Å². The summed E-state index contributed by atoms with van der Waals surface area (Å²) in [6.07, 6.45) is 2.69. The number of nitrogens with one attached hydrogen (secondary N) is 1. The van der Waals surface area contributed by atoms with Crippen molar-refractivity contribution in [3.05, 3.63) is 29.8 Å².